The van der Waals surface area contributed by atoms with Crippen molar-refractivity contribution in [2.45, 2.75) is 23.9 Å². The molecule has 0 saturated carbocycles. The minimum atomic E-state index is -0.361. The van der Waals surface area contributed by atoms with Crippen molar-refractivity contribution < 1.29 is 13.6 Å². The van der Waals surface area contributed by atoms with Crippen LogP contribution in [0.2, 0.25) is 0 Å². The summed E-state index contributed by atoms with van der Waals surface area (Å²) in [4.78, 5) is 12.4. The molecule has 1 atom stereocenters. The topological polar surface area (TPSA) is 60.9 Å². The molecule has 0 unspecified atom stereocenters. The Bertz CT molecular complexity index is 784. The number of ketones is 1. The smallest absolute Gasteiger partial charge is 0.192 e. The molecule has 118 valence electrons. The molecule has 0 radical (unpaired) electrons. The number of carbonyl (C=O) groups is 1. The van der Waals surface area contributed by atoms with Crippen molar-refractivity contribution in [1.29, 1.82) is 0 Å². The number of rotatable bonds is 6. The van der Waals surface area contributed by atoms with Gasteiger partial charge in [-0.1, -0.05) is 11.8 Å². The lowest BCUT2D eigenvalue weighted by Crippen LogP contribution is -2.14. The third-order valence-electron chi connectivity index (χ3n) is 3.27. The SMILES string of the molecule is C[C@H](Sc1nncn1Cc1ccco1)C(=O)c1ccc(F)cc1. The number of benzene rings is 1. The maximum absolute atomic E-state index is 12.9. The molecule has 0 aliphatic heterocycles. The lowest BCUT2D eigenvalue weighted by Gasteiger charge is -2.10. The molecule has 0 aliphatic rings. The summed E-state index contributed by atoms with van der Waals surface area (Å²) >= 11 is 1.31. The van der Waals surface area contributed by atoms with Crippen LogP contribution in [-0.4, -0.2) is 25.8 Å². The Kier molecular flexibility index (Phi) is 4.57. The van der Waals surface area contributed by atoms with Gasteiger partial charge in [0.2, 0.25) is 0 Å². The summed E-state index contributed by atoms with van der Waals surface area (Å²) < 4.78 is 20.1. The number of carbonyl (C=O) groups excluding carboxylic acids is 1. The first-order chi connectivity index (χ1) is 11.1. The van der Waals surface area contributed by atoms with Crippen LogP contribution >= 0.6 is 11.8 Å². The number of hydrogen-bond acceptors (Lipinski definition) is 5. The van der Waals surface area contributed by atoms with Gasteiger partial charge >= 0.3 is 0 Å². The van der Waals surface area contributed by atoms with E-state index in [2.05, 4.69) is 10.2 Å². The van der Waals surface area contributed by atoms with Crippen LogP contribution in [0.4, 0.5) is 4.39 Å². The number of nitrogens with zero attached hydrogens (tertiary/aromatic N) is 3. The monoisotopic (exact) mass is 331 g/mol. The highest BCUT2D eigenvalue weighted by Gasteiger charge is 2.19. The lowest BCUT2D eigenvalue weighted by molar-refractivity contribution is 0.0994. The van der Waals surface area contributed by atoms with E-state index in [9.17, 15) is 9.18 Å². The van der Waals surface area contributed by atoms with Gasteiger partial charge in [0.05, 0.1) is 18.1 Å². The van der Waals surface area contributed by atoms with Crippen LogP contribution in [-0.2, 0) is 6.54 Å². The predicted octanol–water partition coefficient (Wildman–Crippen LogP) is 3.42. The van der Waals surface area contributed by atoms with E-state index in [1.807, 2.05) is 16.7 Å². The summed E-state index contributed by atoms with van der Waals surface area (Å²) in [6.45, 7) is 2.29. The molecule has 0 spiro atoms. The standard InChI is InChI=1S/C16H14FN3O2S/c1-11(15(21)12-4-6-13(17)7-5-12)23-16-19-18-10-20(16)9-14-3-2-8-22-14/h2-8,10-11H,9H2,1H3/t11-/m0/s1. The third-order valence-corrected chi connectivity index (χ3v) is 4.36. The van der Waals surface area contributed by atoms with Gasteiger partial charge in [0.1, 0.15) is 17.9 Å². The Morgan fingerprint density at radius 3 is 2.83 bits per heavy atom. The average Bonchev–Trinajstić information content (AvgIpc) is 3.20. The maximum atomic E-state index is 12.9. The number of hydrogen-bond donors (Lipinski definition) is 0. The predicted molar refractivity (Wildman–Crippen MR) is 83.9 cm³/mol. The molecule has 3 rings (SSSR count). The Morgan fingerprint density at radius 2 is 2.13 bits per heavy atom. The van der Waals surface area contributed by atoms with Crippen LogP contribution in [0.5, 0.6) is 0 Å². The minimum Gasteiger partial charge on any atom is -0.467 e. The highest BCUT2D eigenvalue weighted by Crippen LogP contribution is 2.24. The van der Waals surface area contributed by atoms with Gasteiger partial charge in [-0.15, -0.1) is 10.2 Å². The number of furan rings is 1. The largest absolute Gasteiger partial charge is 0.467 e. The van der Waals surface area contributed by atoms with Crippen LogP contribution in [0.15, 0.2) is 58.6 Å². The van der Waals surface area contributed by atoms with E-state index in [4.69, 9.17) is 4.42 Å². The first-order valence-electron chi connectivity index (χ1n) is 7.00. The molecule has 0 aliphatic carbocycles. The molecular formula is C16H14FN3O2S. The van der Waals surface area contributed by atoms with Gasteiger partial charge in [-0.05, 0) is 43.3 Å². The highest BCUT2D eigenvalue weighted by atomic mass is 32.2. The van der Waals surface area contributed by atoms with Crippen molar-refractivity contribution in [2.24, 2.45) is 0 Å². The Balaban J connectivity index is 1.70. The normalized spacial score (nSPS) is 12.3. The zero-order valence-electron chi connectivity index (χ0n) is 12.3. The van der Waals surface area contributed by atoms with Crippen LogP contribution in [0.3, 0.4) is 0 Å². The van der Waals surface area contributed by atoms with E-state index in [0.29, 0.717) is 17.3 Å². The van der Waals surface area contributed by atoms with Crippen molar-refractivity contribution in [3.8, 4) is 0 Å². The van der Waals surface area contributed by atoms with Gasteiger partial charge in [-0.25, -0.2) is 4.39 Å². The summed E-state index contributed by atoms with van der Waals surface area (Å²) in [7, 11) is 0. The first kappa shape index (κ1) is 15.5. The van der Waals surface area contributed by atoms with Gasteiger partial charge in [0.25, 0.3) is 0 Å². The second-order valence-electron chi connectivity index (χ2n) is 4.95. The Hall–Kier alpha value is -2.41. The van der Waals surface area contributed by atoms with Gasteiger partial charge in [0.15, 0.2) is 10.9 Å². The molecule has 3 aromatic rings. The van der Waals surface area contributed by atoms with Crippen LogP contribution in [0.25, 0.3) is 0 Å². The molecule has 0 amide bonds. The van der Waals surface area contributed by atoms with Crippen molar-refractivity contribution in [1.82, 2.24) is 14.8 Å². The van der Waals surface area contributed by atoms with E-state index in [1.54, 1.807) is 19.5 Å². The van der Waals surface area contributed by atoms with Crippen LogP contribution in [0.1, 0.15) is 23.0 Å². The average molecular weight is 331 g/mol. The summed E-state index contributed by atoms with van der Waals surface area (Å²) in [5.41, 5.74) is 0.475. The van der Waals surface area contributed by atoms with E-state index in [0.717, 1.165) is 5.76 Å². The molecule has 0 bridgehead atoms. The van der Waals surface area contributed by atoms with Crippen LogP contribution < -0.4 is 0 Å². The second kappa shape index (κ2) is 6.78. The van der Waals surface area contributed by atoms with Crippen molar-refractivity contribution in [3.05, 3.63) is 66.1 Å². The maximum Gasteiger partial charge on any atom is 0.192 e. The van der Waals surface area contributed by atoms with Crippen molar-refractivity contribution >= 4 is 17.5 Å². The van der Waals surface area contributed by atoms with E-state index in [-0.39, 0.29) is 16.9 Å². The number of aromatic nitrogens is 3. The summed E-state index contributed by atoms with van der Waals surface area (Å²) in [6, 6.07) is 9.22. The number of halogens is 1. The summed E-state index contributed by atoms with van der Waals surface area (Å²) in [5.74, 6) is 0.340. The molecule has 5 nitrogen and oxygen atoms in total. The molecule has 0 fully saturated rings. The van der Waals surface area contributed by atoms with Crippen molar-refractivity contribution in [2.75, 3.05) is 0 Å². The third kappa shape index (κ3) is 3.68. The van der Waals surface area contributed by atoms with E-state index >= 15 is 0 Å². The molecule has 1 aromatic carbocycles. The summed E-state index contributed by atoms with van der Waals surface area (Å²) in [5, 5.41) is 8.21. The zero-order valence-corrected chi connectivity index (χ0v) is 13.2. The molecule has 0 saturated heterocycles. The molecule has 23 heavy (non-hydrogen) atoms. The molecule has 2 heterocycles. The first-order valence-corrected chi connectivity index (χ1v) is 7.88. The van der Waals surface area contributed by atoms with Gasteiger partial charge in [0, 0.05) is 5.56 Å². The summed E-state index contributed by atoms with van der Waals surface area (Å²) in [6.07, 6.45) is 3.20. The number of thioether (sulfide) groups is 1. The van der Waals surface area contributed by atoms with E-state index < -0.39 is 0 Å². The minimum absolute atomic E-state index is 0.0810. The van der Waals surface area contributed by atoms with E-state index in [1.165, 1.54) is 36.0 Å². The van der Waals surface area contributed by atoms with Gasteiger partial charge < -0.3 is 8.98 Å². The molecule has 7 heteroatoms. The second-order valence-corrected chi connectivity index (χ2v) is 6.26. The van der Waals surface area contributed by atoms with Gasteiger partial charge in [-0.3, -0.25) is 4.79 Å². The number of Topliss-reactive ketones (excluding diaryl/α,β-unsaturated/α-hetero) is 1. The fraction of sp³-hybridized carbons (Fsp3) is 0.188. The fourth-order valence-corrected chi connectivity index (χ4v) is 2.98. The Labute approximate surface area is 136 Å². The molecular weight excluding hydrogens is 317 g/mol. The Morgan fingerprint density at radius 1 is 1.35 bits per heavy atom. The fourth-order valence-electron chi connectivity index (χ4n) is 2.08. The molecule has 2 aromatic heterocycles. The zero-order chi connectivity index (χ0) is 16.2. The van der Waals surface area contributed by atoms with Crippen molar-refractivity contribution in [3.63, 3.8) is 0 Å². The molecule has 0 N–H and O–H groups in total. The van der Waals surface area contributed by atoms with Gasteiger partial charge in [-0.2, -0.15) is 0 Å². The van der Waals surface area contributed by atoms with Crippen LogP contribution in [0, 0.1) is 5.82 Å². The lowest BCUT2D eigenvalue weighted by atomic mass is 10.1. The highest BCUT2D eigenvalue weighted by molar-refractivity contribution is 8.00. The quantitative estimate of drug-likeness (QED) is 0.511.